The van der Waals surface area contributed by atoms with Crippen molar-refractivity contribution >= 4 is 21.6 Å². The zero-order valence-corrected chi connectivity index (χ0v) is 9.58. The van der Waals surface area contributed by atoms with Crippen molar-refractivity contribution in [2.24, 2.45) is 0 Å². The Labute approximate surface area is 95.5 Å². The van der Waals surface area contributed by atoms with E-state index in [1.807, 2.05) is 0 Å². The average Bonchev–Trinajstić information content (AvgIpc) is 2.25. The molecule has 4 nitrogen and oxygen atoms in total. The van der Waals surface area contributed by atoms with E-state index in [9.17, 15) is 10.1 Å². The molecule has 1 rings (SSSR count). The monoisotopic (exact) mass is 269 g/mol. The molecule has 0 unspecified atom stereocenters. The smallest absolute Gasteiger partial charge is 0.312 e. The van der Waals surface area contributed by atoms with Gasteiger partial charge < -0.3 is 4.74 Å². The number of ether oxygens (including phenoxy) is 1. The van der Waals surface area contributed by atoms with E-state index < -0.39 is 4.92 Å². The molecule has 0 atom stereocenters. The van der Waals surface area contributed by atoms with Crippen LogP contribution in [0.5, 0.6) is 5.75 Å². The van der Waals surface area contributed by atoms with Crippen LogP contribution in [0.25, 0.3) is 0 Å². The molecule has 78 valence electrons. The summed E-state index contributed by atoms with van der Waals surface area (Å²) in [5.74, 6) is 5.80. The number of benzene rings is 1. The van der Waals surface area contributed by atoms with Gasteiger partial charge in [0, 0.05) is 11.6 Å². The molecule has 0 amide bonds. The highest BCUT2D eigenvalue weighted by Crippen LogP contribution is 2.26. The maximum absolute atomic E-state index is 10.7. The minimum Gasteiger partial charge on any atom is -0.490 e. The molecule has 0 N–H and O–H groups in total. The van der Waals surface area contributed by atoms with Crippen LogP contribution in [0.2, 0.25) is 0 Å². The first-order valence-electron chi connectivity index (χ1n) is 4.06. The number of hydrogen-bond acceptors (Lipinski definition) is 3. The molecule has 0 bridgehead atoms. The predicted molar refractivity (Wildman–Crippen MR) is 60.3 cm³/mol. The van der Waals surface area contributed by atoms with Gasteiger partial charge in [-0.1, -0.05) is 27.8 Å². The maximum Gasteiger partial charge on any atom is 0.312 e. The fourth-order valence-corrected chi connectivity index (χ4v) is 1.19. The SMILES string of the molecule is COc1ccc(C#CCBr)cc1[N+](=O)[O-]. The number of rotatable bonds is 2. The summed E-state index contributed by atoms with van der Waals surface area (Å²) < 4.78 is 4.87. The quantitative estimate of drug-likeness (QED) is 0.359. The number of nitro benzene ring substituents is 1. The van der Waals surface area contributed by atoms with Gasteiger partial charge in [0.25, 0.3) is 0 Å². The molecule has 0 saturated carbocycles. The van der Waals surface area contributed by atoms with E-state index in [0.29, 0.717) is 10.9 Å². The van der Waals surface area contributed by atoms with E-state index in [4.69, 9.17) is 4.74 Å². The Morgan fingerprint density at radius 1 is 1.60 bits per heavy atom. The molecule has 0 heterocycles. The van der Waals surface area contributed by atoms with Crippen LogP contribution in [0, 0.1) is 22.0 Å². The first-order valence-corrected chi connectivity index (χ1v) is 5.18. The number of methoxy groups -OCH3 is 1. The van der Waals surface area contributed by atoms with Crippen molar-refractivity contribution in [3.63, 3.8) is 0 Å². The Morgan fingerprint density at radius 2 is 2.33 bits per heavy atom. The minimum absolute atomic E-state index is 0.0705. The second-order valence-electron chi connectivity index (χ2n) is 2.58. The molecule has 15 heavy (non-hydrogen) atoms. The van der Waals surface area contributed by atoms with Crippen LogP contribution in [0.4, 0.5) is 5.69 Å². The molecular formula is C10H8BrNO3. The standard InChI is InChI=1S/C10H8BrNO3/c1-15-10-5-4-8(3-2-6-11)7-9(10)12(13)14/h4-5,7H,6H2,1H3. The van der Waals surface area contributed by atoms with E-state index in [2.05, 4.69) is 27.8 Å². The summed E-state index contributed by atoms with van der Waals surface area (Å²) in [4.78, 5) is 10.2. The molecule has 0 aromatic heterocycles. The summed E-state index contributed by atoms with van der Waals surface area (Å²) in [6.45, 7) is 0. The van der Waals surface area contributed by atoms with Crippen LogP contribution in [0.15, 0.2) is 18.2 Å². The van der Waals surface area contributed by atoms with Gasteiger partial charge in [0.15, 0.2) is 5.75 Å². The Kier molecular flexibility index (Phi) is 4.13. The lowest BCUT2D eigenvalue weighted by Gasteiger charge is -2.00. The molecule has 1 aromatic carbocycles. The summed E-state index contributed by atoms with van der Waals surface area (Å²) in [5, 5.41) is 11.2. The van der Waals surface area contributed by atoms with Gasteiger partial charge in [-0.05, 0) is 12.1 Å². The van der Waals surface area contributed by atoms with Crippen LogP contribution in [-0.4, -0.2) is 17.4 Å². The third-order valence-electron chi connectivity index (χ3n) is 1.68. The third kappa shape index (κ3) is 2.96. The second kappa shape index (κ2) is 5.37. The van der Waals surface area contributed by atoms with Gasteiger partial charge in [-0.25, -0.2) is 0 Å². The number of hydrogen-bond donors (Lipinski definition) is 0. The maximum atomic E-state index is 10.7. The van der Waals surface area contributed by atoms with Crippen molar-refractivity contribution in [1.29, 1.82) is 0 Å². The highest BCUT2D eigenvalue weighted by atomic mass is 79.9. The van der Waals surface area contributed by atoms with Crippen LogP contribution < -0.4 is 4.74 Å². The molecule has 0 aliphatic rings. The zero-order valence-electron chi connectivity index (χ0n) is 7.99. The number of nitrogens with zero attached hydrogens (tertiary/aromatic N) is 1. The fraction of sp³-hybridized carbons (Fsp3) is 0.200. The molecule has 0 fully saturated rings. The van der Waals surface area contributed by atoms with E-state index in [0.717, 1.165) is 0 Å². The number of nitro groups is 1. The summed E-state index contributed by atoms with van der Waals surface area (Å²) in [6, 6.07) is 4.62. The Hall–Kier alpha value is -1.54. The van der Waals surface area contributed by atoms with Crippen LogP contribution in [-0.2, 0) is 0 Å². The van der Waals surface area contributed by atoms with Gasteiger partial charge in [0.05, 0.1) is 17.4 Å². The van der Waals surface area contributed by atoms with Crippen molar-refractivity contribution < 1.29 is 9.66 Å². The third-order valence-corrected chi connectivity index (χ3v) is 1.96. The van der Waals surface area contributed by atoms with Crippen molar-refractivity contribution in [2.75, 3.05) is 12.4 Å². The van der Waals surface area contributed by atoms with Gasteiger partial charge in [-0.3, -0.25) is 10.1 Å². The summed E-state index contributed by atoms with van der Waals surface area (Å²) in [6.07, 6.45) is 0. The predicted octanol–water partition coefficient (Wildman–Crippen LogP) is 2.35. The average molecular weight is 270 g/mol. The van der Waals surface area contributed by atoms with Crippen LogP contribution in [0.3, 0.4) is 0 Å². The summed E-state index contributed by atoms with van der Waals surface area (Å²) in [5.41, 5.74) is 0.529. The van der Waals surface area contributed by atoms with Gasteiger partial charge in [0.1, 0.15) is 0 Å². The fourth-order valence-electron chi connectivity index (χ4n) is 1.05. The second-order valence-corrected chi connectivity index (χ2v) is 3.14. The topological polar surface area (TPSA) is 52.4 Å². The van der Waals surface area contributed by atoms with Crippen LogP contribution >= 0.6 is 15.9 Å². The Morgan fingerprint density at radius 3 is 2.87 bits per heavy atom. The zero-order chi connectivity index (χ0) is 11.3. The molecular weight excluding hydrogens is 262 g/mol. The molecule has 0 saturated heterocycles. The van der Waals surface area contributed by atoms with E-state index in [1.165, 1.54) is 19.2 Å². The normalized spacial score (nSPS) is 8.93. The summed E-state index contributed by atoms with van der Waals surface area (Å²) >= 11 is 3.15. The van der Waals surface area contributed by atoms with E-state index in [-0.39, 0.29) is 11.4 Å². The minimum atomic E-state index is -0.488. The molecule has 5 heteroatoms. The summed E-state index contributed by atoms with van der Waals surface area (Å²) in [7, 11) is 1.40. The van der Waals surface area contributed by atoms with Gasteiger partial charge in [0.2, 0.25) is 0 Å². The molecule has 0 aliphatic heterocycles. The van der Waals surface area contributed by atoms with Crippen molar-refractivity contribution in [2.45, 2.75) is 0 Å². The van der Waals surface area contributed by atoms with Gasteiger partial charge in [-0.15, -0.1) is 0 Å². The largest absolute Gasteiger partial charge is 0.490 e. The van der Waals surface area contributed by atoms with Gasteiger partial charge in [-0.2, -0.15) is 0 Å². The molecule has 1 aromatic rings. The lowest BCUT2D eigenvalue weighted by atomic mass is 10.2. The Balaban J connectivity index is 3.16. The van der Waals surface area contributed by atoms with Crippen molar-refractivity contribution in [3.05, 3.63) is 33.9 Å². The van der Waals surface area contributed by atoms with E-state index >= 15 is 0 Å². The van der Waals surface area contributed by atoms with E-state index in [1.54, 1.807) is 6.07 Å². The van der Waals surface area contributed by atoms with Crippen molar-refractivity contribution in [1.82, 2.24) is 0 Å². The first kappa shape index (κ1) is 11.5. The lowest BCUT2D eigenvalue weighted by Crippen LogP contribution is -1.94. The number of halogens is 1. The highest BCUT2D eigenvalue weighted by Gasteiger charge is 2.14. The lowest BCUT2D eigenvalue weighted by molar-refractivity contribution is -0.385. The number of alkyl halides is 1. The van der Waals surface area contributed by atoms with Crippen molar-refractivity contribution in [3.8, 4) is 17.6 Å². The first-order chi connectivity index (χ1) is 7.19. The molecule has 0 spiro atoms. The highest BCUT2D eigenvalue weighted by molar-refractivity contribution is 9.09. The van der Waals surface area contributed by atoms with Crippen LogP contribution in [0.1, 0.15) is 5.56 Å². The van der Waals surface area contributed by atoms with Gasteiger partial charge >= 0.3 is 5.69 Å². The molecule has 0 radical (unpaired) electrons. The molecule has 0 aliphatic carbocycles. The Bertz CT molecular complexity index is 434.